The van der Waals surface area contributed by atoms with Crippen LogP contribution in [0, 0.1) is 6.92 Å². The number of ketones is 1. The summed E-state index contributed by atoms with van der Waals surface area (Å²) in [6.45, 7) is 2.24. The molecule has 5 rings (SSSR count). The summed E-state index contributed by atoms with van der Waals surface area (Å²) < 4.78 is 24.9. The predicted molar refractivity (Wildman–Crippen MR) is 131 cm³/mol. The maximum atomic E-state index is 13.1. The molecule has 0 spiro atoms. The average Bonchev–Trinajstić information content (AvgIpc) is 3.35. The first-order chi connectivity index (χ1) is 16.5. The van der Waals surface area contributed by atoms with Gasteiger partial charge in [-0.15, -0.1) is 0 Å². The van der Waals surface area contributed by atoms with E-state index in [0.29, 0.717) is 23.7 Å². The number of aryl methyl sites for hydroxylation is 1. The Balaban J connectivity index is 1.44. The summed E-state index contributed by atoms with van der Waals surface area (Å²) in [4.78, 5) is 13.1. The summed E-state index contributed by atoms with van der Waals surface area (Å²) in [5.41, 5.74) is 4.18. The SMILES string of the molecule is COc1ccc2c(c1)c(/C=C1\Oc3c(ccc(OCc4ccccc4OC)c3C)C1=O)cn2C. The molecular formula is C28H25NO5. The second-order valence-electron chi connectivity index (χ2n) is 8.18. The van der Waals surface area contributed by atoms with Gasteiger partial charge in [0.25, 0.3) is 0 Å². The number of fused-ring (bicyclic) bond motifs is 2. The lowest BCUT2D eigenvalue weighted by Crippen LogP contribution is -2.00. The Morgan fingerprint density at radius 3 is 2.62 bits per heavy atom. The number of carbonyl (C=O) groups is 1. The number of Topliss-reactive ketones (excluding diaryl/α,β-unsaturated/α-hetero) is 1. The number of rotatable bonds is 6. The number of hydrogen-bond acceptors (Lipinski definition) is 5. The molecule has 0 saturated carbocycles. The lowest BCUT2D eigenvalue weighted by atomic mass is 10.1. The topological polar surface area (TPSA) is 58.9 Å². The zero-order valence-electron chi connectivity index (χ0n) is 19.5. The fourth-order valence-corrected chi connectivity index (χ4v) is 4.29. The third-order valence-electron chi connectivity index (χ3n) is 6.13. The van der Waals surface area contributed by atoms with E-state index in [0.717, 1.165) is 39.1 Å². The molecule has 1 aliphatic rings. The van der Waals surface area contributed by atoms with Gasteiger partial charge in [0.05, 0.1) is 19.8 Å². The van der Waals surface area contributed by atoms with Crippen molar-refractivity contribution in [1.82, 2.24) is 4.57 Å². The maximum absolute atomic E-state index is 13.1. The van der Waals surface area contributed by atoms with E-state index in [4.69, 9.17) is 18.9 Å². The highest BCUT2D eigenvalue weighted by atomic mass is 16.5. The first-order valence-electron chi connectivity index (χ1n) is 11.0. The molecule has 0 N–H and O–H groups in total. The normalized spacial score (nSPS) is 13.8. The first kappa shape index (κ1) is 21.6. The number of hydrogen-bond donors (Lipinski definition) is 0. The van der Waals surface area contributed by atoms with Gasteiger partial charge in [0.15, 0.2) is 5.76 Å². The molecule has 0 amide bonds. The third kappa shape index (κ3) is 3.67. The Morgan fingerprint density at radius 2 is 1.82 bits per heavy atom. The van der Waals surface area contributed by atoms with Crippen molar-refractivity contribution in [3.8, 4) is 23.0 Å². The maximum Gasteiger partial charge on any atom is 0.231 e. The van der Waals surface area contributed by atoms with Crippen molar-refractivity contribution in [3.05, 3.63) is 88.8 Å². The second-order valence-corrected chi connectivity index (χ2v) is 8.18. The van der Waals surface area contributed by atoms with Crippen molar-refractivity contribution in [1.29, 1.82) is 0 Å². The van der Waals surface area contributed by atoms with Gasteiger partial charge in [-0.2, -0.15) is 0 Å². The Hall–Kier alpha value is -4.19. The van der Waals surface area contributed by atoms with E-state index in [1.165, 1.54) is 0 Å². The molecule has 0 atom stereocenters. The molecule has 2 heterocycles. The Labute approximate surface area is 197 Å². The second kappa shape index (κ2) is 8.63. The Bertz CT molecular complexity index is 1450. The van der Waals surface area contributed by atoms with E-state index >= 15 is 0 Å². The molecule has 6 nitrogen and oxygen atoms in total. The van der Waals surface area contributed by atoms with Crippen LogP contribution in [-0.2, 0) is 13.7 Å². The van der Waals surface area contributed by atoms with Gasteiger partial charge in [0.1, 0.15) is 29.6 Å². The van der Waals surface area contributed by atoms with Gasteiger partial charge in [-0.05, 0) is 49.4 Å². The van der Waals surface area contributed by atoms with Crippen molar-refractivity contribution in [3.63, 3.8) is 0 Å². The minimum absolute atomic E-state index is 0.144. The molecule has 1 aromatic heterocycles. The number of aromatic nitrogens is 1. The van der Waals surface area contributed by atoms with Gasteiger partial charge in [-0.25, -0.2) is 0 Å². The average molecular weight is 456 g/mol. The summed E-state index contributed by atoms with van der Waals surface area (Å²) in [5.74, 6) is 2.86. The lowest BCUT2D eigenvalue weighted by molar-refractivity contribution is 0.101. The van der Waals surface area contributed by atoms with Crippen molar-refractivity contribution < 1.29 is 23.7 Å². The van der Waals surface area contributed by atoms with E-state index in [2.05, 4.69) is 0 Å². The van der Waals surface area contributed by atoms with Gasteiger partial charge in [0.2, 0.25) is 5.78 Å². The molecule has 0 fully saturated rings. The van der Waals surface area contributed by atoms with E-state index in [1.54, 1.807) is 26.4 Å². The highest BCUT2D eigenvalue weighted by Gasteiger charge is 2.30. The van der Waals surface area contributed by atoms with E-state index in [9.17, 15) is 4.79 Å². The van der Waals surface area contributed by atoms with Gasteiger partial charge in [-0.1, -0.05) is 18.2 Å². The van der Waals surface area contributed by atoms with Crippen LogP contribution >= 0.6 is 0 Å². The monoisotopic (exact) mass is 455 g/mol. The molecule has 6 heteroatoms. The van der Waals surface area contributed by atoms with Crippen molar-refractivity contribution in [2.45, 2.75) is 13.5 Å². The fourth-order valence-electron chi connectivity index (χ4n) is 4.29. The van der Waals surface area contributed by atoms with Crippen LogP contribution in [0.15, 0.2) is 66.6 Å². The fraction of sp³-hybridized carbons (Fsp3) is 0.179. The number of para-hydroxylation sites is 1. The van der Waals surface area contributed by atoms with Crippen LogP contribution in [0.25, 0.3) is 17.0 Å². The van der Waals surface area contributed by atoms with Crippen LogP contribution in [0.4, 0.5) is 0 Å². The number of methoxy groups -OCH3 is 2. The van der Waals surface area contributed by atoms with Crippen LogP contribution < -0.4 is 18.9 Å². The van der Waals surface area contributed by atoms with Crippen molar-refractivity contribution >= 4 is 22.8 Å². The molecule has 0 radical (unpaired) electrons. The summed E-state index contributed by atoms with van der Waals surface area (Å²) >= 11 is 0. The van der Waals surface area contributed by atoms with E-state index in [1.807, 2.05) is 73.3 Å². The van der Waals surface area contributed by atoms with Crippen LogP contribution in [0.2, 0.25) is 0 Å². The van der Waals surface area contributed by atoms with Crippen LogP contribution in [0.5, 0.6) is 23.0 Å². The molecule has 0 saturated heterocycles. The number of allylic oxidation sites excluding steroid dienone is 1. The summed E-state index contributed by atoms with van der Waals surface area (Å²) in [5, 5.41) is 0.985. The van der Waals surface area contributed by atoms with Crippen LogP contribution in [-0.4, -0.2) is 24.6 Å². The van der Waals surface area contributed by atoms with Gasteiger partial charge in [-0.3, -0.25) is 4.79 Å². The van der Waals surface area contributed by atoms with E-state index < -0.39 is 0 Å². The Morgan fingerprint density at radius 1 is 1.00 bits per heavy atom. The number of benzene rings is 3. The smallest absolute Gasteiger partial charge is 0.231 e. The standard InChI is InChI=1S/C28H25NO5/c1-17-24(33-16-18-7-5-6-8-25(18)32-4)12-10-21-27(30)26(34-28(17)21)13-19-15-29(2)23-11-9-20(31-3)14-22(19)23/h5-15H,16H2,1-4H3/b26-13-. The lowest BCUT2D eigenvalue weighted by Gasteiger charge is -2.13. The molecule has 4 aromatic rings. The molecular weight excluding hydrogens is 430 g/mol. The van der Waals surface area contributed by atoms with Crippen molar-refractivity contribution in [2.75, 3.05) is 14.2 Å². The summed E-state index contributed by atoms with van der Waals surface area (Å²) in [6.07, 6.45) is 3.77. The Kier molecular flexibility index (Phi) is 5.49. The van der Waals surface area contributed by atoms with Gasteiger partial charge >= 0.3 is 0 Å². The van der Waals surface area contributed by atoms with Gasteiger partial charge in [0, 0.05) is 40.8 Å². The highest BCUT2D eigenvalue weighted by Crippen LogP contribution is 2.40. The molecule has 0 aliphatic carbocycles. The molecule has 1 aliphatic heterocycles. The first-order valence-corrected chi connectivity index (χ1v) is 11.0. The van der Waals surface area contributed by atoms with Crippen molar-refractivity contribution in [2.24, 2.45) is 7.05 Å². The molecule has 0 bridgehead atoms. The number of nitrogens with zero attached hydrogens (tertiary/aromatic N) is 1. The molecule has 0 unspecified atom stereocenters. The number of carbonyl (C=O) groups excluding carboxylic acids is 1. The van der Waals surface area contributed by atoms with Gasteiger partial charge < -0.3 is 23.5 Å². The summed E-state index contributed by atoms with van der Waals surface area (Å²) in [7, 11) is 5.25. The van der Waals surface area contributed by atoms with Crippen LogP contribution in [0.3, 0.4) is 0 Å². The predicted octanol–water partition coefficient (Wildman–Crippen LogP) is 5.70. The summed E-state index contributed by atoms with van der Waals surface area (Å²) in [6, 6.07) is 17.2. The third-order valence-corrected chi connectivity index (χ3v) is 6.13. The molecule has 3 aromatic carbocycles. The molecule has 34 heavy (non-hydrogen) atoms. The zero-order chi connectivity index (χ0) is 23.8. The number of ether oxygens (including phenoxy) is 4. The molecule has 172 valence electrons. The largest absolute Gasteiger partial charge is 0.497 e. The minimum Gasteiger partial charge on any atom is -0.497 e. The minimum atomic E-state index is -0.144. The van der Waals surface area contributed by atoms with Crippen LogP contribution in [0.1, 0.15) is 27.0 Å². The quantitative estimate of drug-likeness (QED) is 0.349. The zero-order valence-corrected chi connectivity index (χ0v) is 19.5. The van der Waals surface area contributed by atoms with E-state index in [-0.39, 0.29) is 11.5 Å². The highest BCUT2D eigenvalue weighted by molar-refractivity contribution is 6.15.